The van der Waals surface area contributed by atoms with E-state index < -0.39 is 16.1 Å². The summed E-state index contributed by atoms with van der Waals surface area (Å²) in [5, 5.41) is 4.62. The Morgan fingerprint density at radius 2 is 1.93 bits per heavy atom. The fraction of sp³-hybridized carbons (Fsp3) is 0.444. The maximum absolute atomic E-state index is 13.0. The second kappa shape index (κ2) is 9.68. The predicted molar refractivity (Wildman–Crippen MR) is 112 cm³/mol. The first-order valence-corrected chi connectivity index (χ1v) is 12.3. The number of nitrogens with zero attached hydrogens (tertiary/aromatic N) is 1. The van der Waals surface area contributed by atoms with E-state index in [1.54, 1.807) is 31.1 Å². The number of carbonyl (C=O) groups is 1. The number of hydrogen-bond acceptors (Lipinski definition) is 6. The van der Waals surface area contributed by atoms with Crippen LogP contribution in [0.5, 0.6) is 0 Å². The van der Waals surface area contributed by atoms with Gasteiger partial charge in [0.1, 0.15) is 6.04 Å². The van der Waals surface area contributed by atoms with Crippen molar-refractivity contribution in [1.82, 2.24) is 15.0 Å². The van der Waals surface area contributed by atoms with Crippen molar-refractivity contribution in [2.45, 2.75) is 44.7 Å². The number of sulfonamides is 1. The molecule has 1 unspecified atom stereocenters. The van der Waals surface area contributed by atoms with Gasteiger partial charge < -0.3 is 5.32 Å². The molecule has 0 aliphatic carbocycles. The summed E-state index contributed by atoms with van der Waals surface area (Å²) in [5.41, 5.74) is 4.80. The second-order valence-corrected chi connectivity index (χ2v) is 9.74. The number of thioether (sulfide) groups is 1. The number of nitrogens with one attached hydrogen (secondary N) is 2. The monoisotopic (exact) mass is 427 g/mol. The lowest BCUT2D eigenvalue weighted by Gasteiger charge is -2.20. The number of amides is 1. The summed E-state index contributed by atoms with van der Waals surface area (Å²) in [6.45, 7) is 5.75. The van der Waals surface area contributed by atoms with Gasteiger partial charge in [0.15, 0.2) is 0 Å². The van der Waals surface area contributed by atoms with Gasteiger partial charge in [-0.1, -0.05) is 17.7 Å². The van der Waals surface area contributed by atoms with Gasteiger partial charge >= 0.3 is 0 Å². The summed E-state index contributed by atoms with van der Waals surface area (Å²) in [7, 11) is -3.82. The number of carbonyl (C=O) groups excluding carboxylic acids is 1. The molecular formula is C18H25N3O3S3. The Morgan fingerprint density at radius 3 is 2.48 bits per heavy atom. The van der Waals surface area contributed by atoms with E-state index in [4.69, 9.17) is 0 Å². The molecular weight excluding hydrogens is 402 g/mol. The Hall–Kier alpha value is -1.42. The summed E-state index contributed by atoms with van der Waals surface area (Å²) in [6, 6.07) is 2.84. The summed E-state index contributed by atoms with van der Waals surface area (Å²) < 4.78 is 28.6. The van der Waals surface area contributed by atoms with E-state index in [-0.39, 0.29) is 17.3 Å². The summed E-state index contributed by atoms with van der Waals surface area (Å²) in [5.74, 6) is 0.325. The molecule has 6 nitrogen and oxygen atoms in total. The molecule has 2 aromatic rings. The van der Waals surface area contributed by atoms with E-state index in [9.17, 15) is 13.2 Å². The van der Waals surface area contributed by atoms with Crippen molar-refractivity contribution >= 4 is 39.0 Å². The molecule has 2 N–H and O–H groups in total. The lowest BCUT2D eigenvalue weighted by Crippen LogP contribution is -2.47. The van der Waals surface area contributed by atoms with Gasteiger partial charge in [-0.2, -0.15) is 16.5 Å². The van der Waals surface area contributed by atoms with E-state index in [2.05, 4.69) is 15.0 Å². The third-order valence-corrected chi connectivity index (χ3v) is 7.08. The smallest absolute Gasteiger partial charge is 0.241 e. The maximum atomic E-state index is 13.0. The van der Waals surface area contributed by atoms with Crippen LogP contribution in [0.3, 0.4) is 0 Å². The van der Waals surface area contributed by atoms with Gasteiger partial charge in [-0.3, -0.25) is 4.79 Å². The van der Waals surface area contributed by atoms with Gasteiger partial charge in [-0.25, -0.2) is 13.4 Å². The molecule has 0 aliphatic heterocycles. The molecule has 0 spiro atoms. The number of rotatable bonds is 9. The average molecular weight is 428 g/mol. The van der Waals surface area contributed by atoms with Crippen molar-refractivity contribution < 1.29 is 13.2 Å². The Kier molecular flexibility index (Phi) is 7.84. The lowest BCUT2D eigenvalue weighted by atomic mass is 10.1. The van der Waals surface area contributed by atoms with Crippen molar-refractivity contribution in [3.05, 3.63) is 45.4 Å². The number of benzene rings is 1. The van der Waals surface area contributed by atoms with Crippen molar-refractivity contribution in [2.24, 2.45) is 0 Å². The molecule has 148 valence electrons. The number of thiazole rings is 1. The Balaban J connectivity index is 2.19. The van der Waals surface area contributed by atoms with Gasteiger partial charge in [0.2, 0.25) is 15.9 Å². The number of aryl methyl sites for hydroxylation is 3. The molecule has 2 rings (SSSR count). The van der Waals surface area contributed by atoms with Crippen LogP contribution in [-0.2, 0) is 21.4 Å². The molecule has 27 heavy (non-hydrogen) atoms. The van der Waals surface area contributed by atoms with Crippen LogP contribution < -0.4 is 10.0 Å². The minimum atomic E-state index is -3.82. The lowest BCUT2D eigenvalue weighted by molar-refractivity contribution is -0.122. The van der Waals surface area contributed by atoms with Gasteiger partial charge in [0.25, 0.3) is 0 Å². The fourth-order valence-corrected chi connectivity index (χ4v) is 5.65. The van der Waals surface area contributed by atoms with Gasteiger partial charge in [-0.15, -0.1) is 11.3 Å². The molecule has 0 fully saturated rings. The number of hydrogen-bond donors (Lipinski definition) is 2. The van der Waals surface area contributed by atoms with E-state index in [1.165, 1.54) is 11.3 Å². The standard InChI is InChI=1S/C18H25N3O3S3/c1-12-7-13(2)17(14(3)8-12)27(23,24)21-16(5-6-25-4)18(22)19-9-15-10-26-11-20-15/h7-8,10-11,16,21H,5-6,9H2,1-4H3,(H,19,22). The largest absolute Gasteiger partial charge is 0.349 e. The molecule has 0 bridgehead atoms. The molecule has 0 saturated carbocycles. The molecule has 9 heteroatoms. The van der Waals surface area contributed by atoms with Gasteiger partial charge in [0, 0.05) is 5.38 Å². The Bertz CT molecular complexity index is 858. The molecule has 1 aromatic heterocycles. The SMILES string of the molecule is CSCCC(NS(=O)(=O)c1c(C)cc(C)cc1C)C(=O)NCc1cscn1. The van der Waals surface area contributed by atoms with Crippen LogP contribution in [0.15, 0.2) is 27.9 Å². The van der Waals surface area contributed by atoms with E-state index in [0.29, 0.717) is 23.3 Å². The molecule has 1 amide bonds. The molecule has 0 radical (unpaired) electrons. The van der Waals surface area contributed by atoms with E-state index in [0.717, 1.165) is 11.3 Å². The van der Waals surface area contributed by atoms with E-state index in [1.807, 2.05) is 30.7 Å². The first-order chi connectivity index (χ1) is 12.7. The molecule has 0 saturated heterocycles. The first kappa shape index (κ1) is 21.9. The summed E-state index contributed by atoms with van der Waals surface area (Å²) >= 11 is 3.02. The van der Waals surface area contributed by atoms with Gasteiger partial charge in [-0.05, 0) is 50.3 Å². The minimum Gasteiger partial charge on any atom is -0.349 e. The summed E-state index contributed by atoms with van der Waals surface area (Å²) in [4.78, 5) is 17.0. The molecule has 1 atom stereocenters. The van der Waals surface area contributed by atoms with Crippen LogP contribution in [0, 0.1) is 20.8 Å². The minimum absolute atomic E-state index is 0.245. The maximum Gasteiger partial charge on any atom is 0.241 e. The number of aromatic nitrogens is 1. The predicted octanol–water partition coefficient (Wildman–Crippen LogP) is 2.78. The van der Waals surface area contributed by atoms with Crippen LogP contribution >= 0.6 is 23.1 Å². The third-order valence-electron chi connectivity index (χ3n) is 4.03. The molecule has 1 heterocycles. The van der Waals surface area contributed by atoms with E-state index >= 15 is 0 Å². The van der Waals surface area contributed by atoms with Crippen molar-refractivity contribution in [3.8, 4) is 0 Å². The highest BCUT2D eigenvalue weighted by Crippen LogP contribution is 2.22. The highest BCUT2D eigenvalue weighted by molar-refractivity contribution is 7.98. The normalized spacial score (nSPS) is 12.7. The average Bonchev–Trinajstić information content (AvgIpc) is 3.08. The summed E-state index contributed by atoms with van der Waals surface area (Å²) in [6.07, 6.45) is 2.33. The zero-order valence-corrected chi connectivity index (χ0v) is 18.4. The van der Waals surface area contributed by atoms with Gasteiger partial charge in [0.05, 0.1) is 22.6 Å². The topological polar surface area (TPSA) is 88.2 Å². The van der Waals surface area contributed by atoms with Crippen molar-refractivity contribution in [3.63, 3.8) is 0 Å². The highest BCUT2D eigenvalue weighted by Gasteiger charge is 2.27. The molecule has 0 aliphatic rings. The fourth-order valence-electron chi connectivity index (χ4n) is 2.94. The second-order valence-electron chi connectivity index (χ2n) is 6.38. The zero-order valence-electron chi connectivity index (χ0n) is 15.9. The van der Waals surface area contributed by atoms with Crippen LogP contribution in [-0.4, -0.2) is 37.4 Å². The van der Waals surface area contributed by atoms with Crippen LogP contribution in [0.4, 0.5) is 0 Å². The van der Waals surface area contributed by atoms with Crippen molar-refractivity contribution in [2.75, 3.05) is 12.0 Å². The highest BCUT2D eigenvalue weighted by atomic mass is 32.2. The van der Waals surface area contributed by atoms with Crippen molar-refractivity contribution in [1.29, 1.82) is 0 Å². The Labute approximate surface area is 169 Å². The zero-order chi connectivity index (χ0) is 20.0. The van der Waals surface area contributed by atoms with Crippen LogP contribution in [0.1, 0.15) is 28.8 Å². The van der Waals surface area contributed by atoms with Crippen LogP contribution in [0.2, 0.25) is 0 Å². The Morgan fingerprint density at radius 1 is 1.26 bits per heavy atom. The third kappa shape index (κ3) is 6.03. The first-order valence-electron chi connectivity index (χ1n) is 8.48. The molecule has 1 aromatic carbocycles. The quantitative estimate of drug-likeness (QED) is 0.642. The van der Waals surface area contributed by atoms with Crippen LogP contribution in [0.25, 0.3) is 0 Å².